The maximum Gasteiger partial charge on any atom is 0.168 e. The van der Waals surface area contributed by atoms with E-state index in [0.29, 0.717) is 5.69 Å². The van der Waals surface area contributed by atoms with Crippen molar-refractivity contribution in [2.75, 3.05) is 5.73 Å². The van der Waals surface area contributed by atoms with Crippen molar-refractivity contribution in [1.82, 2.24) is 19.6 Å². The van der Waals surface area contributed by atoms with Crippen molar-refractivity contribution < 1.29 is 0 Å². The Morgan fingerprint density at radius 1 is 1.18 bits per heavy atom. The maximum atomic E-state index is 5.77. The van der Waals surface area contributed by atoms with Crippen molar-refractivity contribution in [2.45, 2.75) is 6.92 Å². The first-order valence-electron chi connectivity index (χ1n) is 5.27. The Bertz CT molecular complexity index is 686. The van der Waals surface area contributed by atoms with Crippen LogP contribution in [0.4, 0.5) is 5.69 Å². The molecule has 17 heavy (non-hydrogen) atoms. The fourth-order valence-electron chi connectivity index (χ4n) is 1.79. The molecule has 0 amide bonds. The second kappa shape index (κ2) is 3.55. The molecule has 0 saturated heterocycles. The molecule has 2 N–H and O–H groups in total. The van der Waals surface area contributed by atoms with Crippen LogP contribution in [0.5, 0.6) is 0 Å². The van der Waals surface area contributed by atoms with E-state index in [2.05, 4.69) is 15.2 Å². The minimum absolute atomic E-state index is 0.685. The molecule has 3 aromatic heterocycles. The summed E-state index contributed by atoms with van der Waals surface area (Å²) >= 11 is 0. The monoisotopic (exact) mass is 225 g/mol. The summed E-state index contributed by atoms with van der Waals surface area (Å²) in [5.41, 5.74) is 9.17. The molecule has 0 aromatic carbocycles. The molecule has 5 heteroatoms. The van der Waals surface area contributed by atoms with Crippen LogP contribution >= 0.6 is 0 Å². The van der Waals surface area contributed by atoms with Gasteiger partial charge in [0.2, 0.25) is 0 Å². The Labute approximate surface area is 97.9 Å². The fraction of sp³-hybridized carbons (Fsp3) is 0.0833. The van der Waals surface area contributed by atoms with Gasteiger partial charge in [0.25, 0.3) is 0 Å². The number of aromatic nitrogens is 4. The highest BCUT2D eigenvalue weighted by Crippen LogP contribution is 2.19. The first-order valence-corrected chi connectivity index (χ1v) is 5.27. The summed E-state index contributed by atoms with van der Waals surface area (Å²) in [7, 11) is 0. The molecule has 0 aliphatic heterocycles. The van der Waals surface area contributed by atoms with Crippen LogP contribution in [0, 0.1) is 6.92 Å². The highest BCUT2D eigenvalue weighted by atomic mass is 15.2. The van der Waals surface area contributed by atoms with Crippen LogP contribution < -0.4 is 5.73 Å². The molecule has 0 bridgehead atoms. The lowest BCUT2D eigenvalue weighted by atomic mass is 10.2. The summed E-state index contributed by atoms with van der Waals surface area (Å²) in [6.45, 7) is 1.95. The van der Waals surface area contributed by atoms with Crippen LogP contribution in [0.3, 0.4) is 0 Å². The summed E-state index contributed by atoms with van der Waals surface area (Å²) < 4.78 is 1.88. The minimum atomic E-state index is 0.685. The molecule has 84 valence electrons. The average molecular weight is 225 g/mol. The summed E-state index contributed by atoms with van der Waals surface area (Å²) in [5, 5.41) is 8.28. The zero-order valence-corrected chi connectivity index (χ0v) is 9.33. The Hall–Kier alpha value is -2.43. The van der Waals surface area contributed by atoms with Gasteiger partial charge in [0.05, 0.1) is 0 Å². The molecule has 3 heterocycles. The summed E-state index contributed by atoms with van der Waals surface area (Å²) in [5.74, 6) is 0.776. The number of anilines is 1. The van der Waals surface area contributed by atoms with E-state index < -0.39 is 0 Å². The molecule has 0 unspecified atom stereocenters. The van der Waals surface area contributed by atoms with E-state index in [1.165, 1.54) is 0 Å². The second-order valence-corrected chi connectivity index (χ2v) is 3.90. The topological polar surface area (TPSA) is 69.1 Å². The molecule has 0 atom stereocenters. The van der Waals surface area contributed by atoms with Crippen LogP contribution in [0.2, 0.25) is 0 Å². The van der Waals surface area contributed by atoms with Gasteiger partial charge < -0.3 is 5.73 Å². The van der Waals surface area contributed by atoms with Crippen molar-refractivity contribution in [3.8, 4) is 11.4 Å². The quantitative estimate of drug-likeness (QED) is 0.684. The number of rotatable bonds is 1. The van der Waals surface area contributed by atoms with Crippen molar-refractivity contribution in [2.24, 2.45) is 0 Å². The van der Waals surface area contributed by atoms with Crippen LogP contribution in [0.25, 0.3) is 17.0 Å². The third-order valence-corrected chi connectivity index (χ3v) is 2.58. The van der Waals surface area contributed by atoms with Crippen molar-refractivity contribution in [3.63, 3.8) is 0 Å². The van der Waals surface area contributed by atoms with Gasteiger partial charge in [-0.1, -0.05) is 0 Å². The van der Waals surface area contributed by atoms with Crippen LogP contribution in [-0.4, -0.2) is 19.6 Å². The fourth-order valence-corrected chi connectivity index (χ4v) is 1.79. The second-order valence-electron chi connectivity index (χ2n) is 3.90. The van der Waals surface area contributed by atoms with Gasteiger partial charge in [-0.2, -0.15) is 0 Å². The van der Waals surface area contributed by atoms with E-state index in [4.69, 9.17) is 5.73 Å². The smallest absolute Gasteiger partial charge is 0.168 e. The molecule has 3 aromatic rings. The predicted octanol–water partition coefficient (Wildman–Crippen LogP) is 1.68. The van der Waals surface area contributed by atoms with Gasteiger partial charge in [-0.15, -0.1) is 10.2 Å². The van der Waals surface area contributed by atoms with Gasteiger partial charge in [0.15, 0.2) is 11.5 Å². The normalized spacial score (nSPS) is 10.9. The third-order valence-electron chi connectivity index (χ3n) is 2.58. The average Bonchev–Trinajstić information content (AvgIpc) is 2.71. The van der Waals surface area contributed by atoms with Gasteiger partial charge in [-0.3, -0.25) is 9.38 Å². The van der Waals surface area contributed by atoms with Gasteiger partial charge in [-0.05, 0) is 31.2 Å². The Kier molecular flexibility index (Phi) is 2.04. The molecule has 5 nitrogen and oxygen atoms in total. The molecular formula is C12H11N5. The maximum absolute atomic E-state index is 5.77. The molecule has 0 spiro atoms. The SMILES string of the molecule is Cc1cc(-c2nnc3ccc(N)cn23)ccn1. The molecule has 3 rings (SSSR count). The number of nitrogens with zero attached hydrogens (tertiary/aromatic N) is 4. The lowest BCUT2D eigenvalue weighted by molar-refractivity contribution is 1.10. The highest BCUT2D eigenvalue weighted by Gasteiger charge is 2.08. The molecule has 0 radical (unpaired) electrons. The zero-order valence-electron chi connectivity index (χ0n) is 9.33. The van der Waals surface area contributed by atoms with E-state index in [9.17, 15) is 0 Å². The number of fused-ring (bicyclic) bond motifs is 1. The van der Waals surface area contributed by atoms with E-state index in [1.54, 1.807) is 6.20 Å². The van der Waals surface area contributed by atoms with Gasteiger partial charge in [0.1, 0.15) is 0 Å². The zero-order chi connectivity index (χ0) is 11.8. The standard InChI is InChI=1S/C12H11N5/c1-8-6-9(4-5-14-8)12-16-15-11-3-2-10(13)7-17(11)12/h2-7H,13H2,1H3. The van der Waals surface area contributed by atoms with Crippen molar-refractivity contribution in [1.29, 1.82) is 0 Å². The van der Waals surface area contributed by atoms with Crippen molar-refractivity contribution >= 4 is 11.3 Å². The summed E-state index contributed by atoms with van der Waals surface area (Å²) in [4.78, 5) is 4.17. The number of hydrogen-bond acceptors (Lipinski definition) is 4. The Morgan fingerprint density at radius 2 is 2.06 bits per heavy atom. The number of nitrogens with two attached hydrogens (primary N) is 1. The first-order chi connectivity index (χ1) is 8.24. The van der Waals surface area contributed by atoms with Crippen LogP contribution in [0.15, 0.2) is 36.7 Å². The summed E-state index contributed by atoms with van der Waals surface area (Å²) in [6, 6.07) is 7.54. The largest absolute Gasteiger partial charge is 0.398 e. The molecule has 0 aliphatic carbocycles. The lowest BCUT2D eigenvalue weighted by Gasteiger charge is -2.01. The molecule has 0 aliphatic rings. The van der Waals surface area contributed by atoms with Crippen molar-refractivity contribution in [3.05, 3.63) is 42.4 Å². The van der Waals surface area contributed by atoms with E-state index in [1.807, 2.05) is 41.8 Å². The minimum Gasteiger partial charge on any atom is -0.398 e. The lowest BCUT2D eigenvalue weighted by Crippen LogP contribution is -1.93. The molecule has 0 fully saturated rings. The number of aryl methyl sites for hydroxylation is 1. The van der Waals surface area contributed by atoms with Crippen LogP contribution in [0.1, 0.15) is 5.69 Å². The van der Waals surface area contributed by atoms with Crippen LogP contribution in [-0.2, 0) is 0 Å². The highest BCUT2D eigenvalue weighted by molar-refractivity contribution is 5.61. The predicted molar refractivity (Wildman–Crippen MR) is 65.4 cm³/mol. The molecular weight excluding hydrogens is 214 g/mol. The number of pyridine rings is 2. The Balaban J connectivity index is 2.27. The van der Waals surface area contributed by atoms with Gasteiger partial charge in [0, 0.05) is 29.3 Å². The molecule has 0 saturated carbocycles. The van der Waals surface area contributed by atoms with Gasteiger partial charge in [-0.25, -0.2) is 0 Å². The van der Waals surface area contributed by atoms with E-state index in [0.717, 1.165) is 22.7 Å². The third kappa shape index (κ3) is 1.61. The summed E-state index contributed by atoms with van der Waals surface area (Å²) in [6.07, 6.45) is 3.58. The van der Waals surface area contributed by atoms with E-state index in [-0.39, 0.29) is 0 Å². The first kappa shape index (κ1) is 9.77. The van der Waals surface area contributed by atoms with Gasteiger partial charge >= 0.3 is 0 Å². The van der Waals surface area contributed by atoms with E-state index >= 15 is 0 Å². The number of nitrogen functional groups attached to an aromatic ring is 1. The number of hydrogen-bond donors (Lipinski definition) is 1. The Morgan fingerprint density at radius 3 is 2.88 bits per heavy atom.